The maximum Gasteiger partial charge on any atom is 0.257 e. The Balaban J connectivity index is 2.45. The van der Waals surface area contributed by atoms with Crippen LogP contribution in [-0.4, -0.2) is 41.0 Å². The number of nitrogens with one attached hydrogen (secondary N) is 1. The number of hydrogen-bond donors (Lipinski definition) is 1. The van der Waals surface area contributed by atoms with Gasteiger partial charge in [-0.2, -0.15) is 0 Å². The van der Waals surface area contributed by atoms with E-state index in [0.717, 1.165) is 0 Å². The van der Waals surface area contributed by atoms with Crippen LogP contribution < -0.4 is 5.32 Å². The third-order valence-electron chi connectivity index (χ3n) is 2.25. The molecule has 8 heteroatoms. The number of sulfone groups is 1. The highest BCUT2D eigenvalue weighted by molar-refractivity contribution is 9.24. The van der Waals surface area contributed by atoms with Crippen molar-refractivity contribution in [2.75, 3.05) is 18.1 Å². The summed E-state index contributed by atoms with van der Waals surface area (Å²) >= 11 is 11.5. The molecule has 0 aromatic rings. The van der Waals surface area contributed by atoms with E-state index >= 15 is 0 Å². The third kappa shape index (κ3) is 4.85. The van der Waals surface area contributed by atoms with Gasteiger partial charge in [0.1, 0.15) is 10.3 Å². The molecule has 0 aromatic heterocycles. The van der Waals surface area contributed by atoms with E-state index in [2.05, 4.69) is 37.2 Å². The van der Waals surface area contributed by atoms with Crippen LogP contribution in [-0.2, 0) is 14.6 Å². The summed E-state index contributed by atoms with van der Waals surface area (Å²) in [4.78, 5) is 0. The molecule has 0 bridgehead atoms. The van der Waals surface area contributed by atoms with Crippen molar-refractivity contribution in [2.45, 2.75) is 22.6 Å². The maximum absolute atomic E-state index is 11.4. The SMILES string of the molecule is C[C@]1(NC(=S)OCC(Br)Br)CCS(=O)(=O)C1. The summed E-state index contributed by atoms with van der Waals surface area (Å²) in [5, 5.41) is 3.19. The highest BCUT2D eigenvalue weighted by atomic mass is 79.9. The predicted molar refractivity (Wildman–Crippen MR) is 75.0 cm³/mol. The van der Waals surface area contributed by atoms with Crippen molar-refractivity contribution in [1.82, 2.24) is 5.32 Å². The molecule has 1 rings (SSSR count). The zero-order valence-corrected chi connectivity index (χ0v) is 13.5. The second-order valence-corrected chi connectivity index (χ2v) is 10.0. The second kappa shape index (κ2) is 5.49. The van der Waals surface area contributed by atoms with E-state index in [4.69, 9.17) is 17.0 Å². The molecule has 1 fully saturated rings. The number of halogens is 2. The first-order valence-electron chi connectivity index (χ1n) is 4.66. The smallest absolute Gasteiger partial charge is 0.257 e. The molecule has 0 spiro atoms. The summed E-state index contributed by atoms with van der Waals surface area (Å²) in [6, 6.07) is 0. The normalized spacial score (nSPS) is 28.0. The van der Waals surface area contributed by atoms with Gasteiger partial charge in [0.2, 0.25) is 0 Å². The molecular formula is C8H13Br2NO3S2. The number of hydrogen-bond acceptors (Lipinski definition) is 4. The van der Waals surface area contributed by atoms with Gasteiger partial charge in [0.15, 0.2) is 9.84 Å². The highest BCUT2D eigenvalue weighted by Gasteiger charge is 2.39. The lowest BCUT2D eigenvalue weighted by Gasteiger charge is -2.25. The van der Waals surface area contributed by atoms with Crippen LogP contribution in [0.5, 0.6) is 0 Å². The van der Waals surface area contributed by atoms with Crippen molar-refractivity contribution in [3.63, 3.8) is 0 Å². The Bertz CT molecular complexity index is 371. The Morgan fingerprint density at radius 2 is 2.25 bits per heavy atom. The summed E-state index contributed by atoms with van der Waals surface area (Å²) in [5.41, 5.74) is -0.496. The molecule has 16 heavy (non-hydrogen) atoms. The van der Waals surface area contributed by atoms with E-state index in [1.807, 2.05) is 6.92 Å². The molecule has 1 aliphatic heterocycles. The molecule has 1 heterocycles. The second-order valence-electron chi connectivity index (χ2n) is 4.02. The van der Waals surface area contributed by atoms with E-state index in [1.54, 1.807) is 0 Å². The molecule has 0 aromatic carbocycles. The average molecular weight is 395 g/mol. The highest BCUT2D eigenvalue weighted by Crippen LogP contribution is 2.23. The van der Waals surface area contributed by atoms with Gasteiger partial charge in [-0.1, -0.05) is 31.9 Å². The van der Waals surface area contributed by atoms with Crippen LogP contribution in [0.25, 0.3) is 0 Å². The van der Waals surface area contributed by atoms with E-state index in [1.165, 1.54) is 0 Å². The molecule has 0 unspecified atom stereocenters. The van der Waals surface area contributed by atoms with Gasteiger partial charge < -0.3 is 10.1 Å². The summed E-state index contributed by atoms with van der Waals surface area (Å²) in [6.45, 7) is 2.22. The molecule has 0 radical (unpaired) electrons. The molecule has 0 saturated carbocycles. The maximum atomic E-state index is 11.4. The molecular weight excluding hydrogens is 382 g/mol. The minimum atomic E-state index is -2.93. The van der Waals surface area contributed by atoms with Gasteiger partial charge in [0.25, 0.3) is 5.17 Å². The molecule has 94 valence electrons. The lowest BCUT2D eigenvalue weighted by Crippen LogP contribution is -2.47. The number of rotatable bonds is 3. The number of alkyl halides is 2. The first-order chi connectivity index (χ1) is 7.22. The van der Waals surface area contributed by atoms with Crippen LogP contribution in [0.3, 0.4) is 0 Å². The van der Waals surface area contributed by atoms with Crippen molar-refractivity contribution in [2.24, 2.45) is 0 Å². The van der Waals surface area contributed by atoms with E-state index < -0.39 is 15.4 Å². The number of ether oxygens (including phenoxy) is 1. The molecule has 1 N–H and O–H groups in total. The molecule has 0 aliphatic carbocycles. The van der Waals surface area contributed by atoms with Crippen LogP contribution in [0, 0.1) is 0 Å². The molecule has 0 amide bonds. The van der Waals surface area contributed by atoms with Crippen molar-refractivity contribution in [3.8, 4) is 0 Å². The minimum absolute atomic E-state index is 0.0277. The number of thiocarbonyl (C=S) groups is 1. The zero-order chi connectivity index (χ0) is 12.4. The average Bonchev–Trinajstić information content (AvgIpc) is 2.37. The third-order valence-corrected chi connectivity index (χ3v) is 4.90. The largest absolute Gasteiger partial charge is 0.469 e. The summed E-state index contributed by atoms with van der Waals surface area (Å²) in [5.74, 6) is 0.314. The van der Waals surface area contributed by atoms with Gasteiger partial charge in [0.05, 0.1) is 17.0 Å². The minimum Gasteiger partial charge on any atom is -0.469 e. The Hall–Kier alpha value is 0.600. The Morgan fingerprint density at radius 3 is 2.69 bits per heavy atom. The monoisotopic (exact) mass is 393 g/mol. The Labute approximate surface area is 118 Å². The fraction of sp³-hybridized carbons (Fsp3) is 0.875. The van der Waals surface area contributed by atoms with Crippen LogP contribution in [0.1, 0.15) is 13.3 Å². The van der Waals surface area contributed by atoms with Gasteiger partial charge >= 0.3 is 0 Å². The fourth-order valence-corrected chi connectivity index (χ4v) is 4.20. The van der Waals surface area contributed by atoms with Crippen molar-refractivity contribution >= 4 is 59.1 Å². The lowest BCUT2D eigenvalue weighted by molar-refractivity contribution is 0.300. The van der Waals surface area contributed by atoms with Crippen LogP contribution in [0.2, 0.25) is 0 Å². The van der Waals surface area contributed by atoms with Gasteiger partial charge in [-0.05, 0) is 25.6 Å². The van der Waals surface area contributed by atoms with Gasteiger partial charge in [0, 0.05) is 0 Å². The van der Waals surface area contributed by atoms with Crippen molar-refractivity contribution < 1.29 is 13.2 Å². The zero-order valence-electron chi connectivity index (χ0n) is 8.70. The van der Waals surface area contributed by atoms with Crippen molar-refractivity contribution in [3.05, 3.63) is 0 Å². The lowest BCUT2D eigenvalue weighted by atomic mass is 10.0. The quantitative estimate of drug-likeness (QED) is 0.581. The first-order valence-corrected chi connectivity index (χ1v) is 8.72. The van der Waals surface area contributed by atoms with Crippen molar-refractivity contribution in [1.29, 1.82) is 0 Å². The molecule has 4 nitrogen and oxygen atoms in total. The first kappa shape index (κ1) is 14.7. The Morgan fingerprint density at radius 1 is 1.62 bits per heavy atom. The van der Waals surface area contributed by atoms with Gasteiger partial charge in [-0.3, -0.25) is 0 Å². The molecule has 1 saturated heterocycles. The summed E-state index contributed by atoms with van der Waals surface area (Å²) < 4.78 is 28.0. The van der Waals surface area contributed by atoms with Crippen LogP contribution in [0.15, 0.2) is 0 Å². The fourth-order valence-electron chi connectivity index (χ4n) is 1.53. The molecule has 1 atom stereocenters. The van der Waals surface area contributed by atoms with E-state index in [0.29, 0.717) is 13.0 Å². The van der Waals surface area contributed by atoms with Crippen LogP contribution in [0.4, 0.5) is 0 Å². The molecule has 1 aliphatic rings. The van der Waals surface area contributed by atoms with E-state index in [9.17, 15) is 8.42 Å². The van der Waals surface area contributed by atoms with Gasteiger partial charge in [-0.25, -0.2) is 8.42 Å². The predicted octanol–water partition coefficient (Wildman–Crippen LogP) is 1.57. The summed E-state index contributed by atoms with van der Waals surface area (Å²) in [6.07, 6.45) is 0.560. The standard InChI is InChI=1S/C8H13Br2NO3S2/c1-8(2-3-16(12,13)5-8)11-7(15)14-4-6(9)10/h6H,2-5H2,1H3,(H,11,15)/t8-/m0/s1. The van der Waals surface area contributed by atoms with E-state index in [-0.39, 0.29) is 20.4 Å². The summed E-state index contributed by atoms with van der Waals surface area (Å²) in [7, 11) is -2.93. The Kier molecular flexibility index (Phi) is 5.03. The van der Waals surface area contributed by atoms with Gasteiger partial charge in [-0.15, -0.1) is 0 Å². The topological polar surface area (TPSA) is 55.4 Å². The van der Waals surface area contributed by atoms with Crippen LogP contribution >= 0.6 is 44.1 Å².